The molecule has 132 valence electrons. The minimum Gasteiger partial charge on any atom is -0.306 e. The molecule has 4 heteroatoms. The number of nitrogens with zero attached hydrogens (tertiary/aromatic N) is 2. The third kappa shape index (κ3) is 3.33. The zero-order valence-corrected chi connectivity index (χ0v) is 15.0. The predicted octanol–water partition coefficient (Wildman–Crippen LogP) is 3.56. The number of aryl methyl sites for hydroxylation is 1. The Hall–Kier alpha value is -2.72. The fourth-order valence-corrected chi connectivity index (χ4v) is 3.66. The van der Waals surface area contributed by atoms with E-state index in [1.165, 1.54) is 11.1 Å². The molecule has 0 saturated heterocycles. The molecule has 26 heavy (non-hydrogen) atoms. The molecule has 0 unspecified atom stereocenters. The van der Waals surface area contributed by atoms with Gasteiger partial charge in [-0.2, -0.15) is 0 Å². The van der Waals surface area contributed by atoms with Gasteiger partial charge >= 0.3 is 0 Å². The average molecular weight is 345 g/mol. The fraction of sp³-hybridized carbons (Fsp3) is 0.273. The van der Waals surface area contributed by atoms with Crippen LogP contribution in [0.25, 0.3) is 11.4 Å². The van der Waals surface area contributed by atoms with E-state index in [1.807, 2.05) is 30.3 Å². The van der Waals surface area contributed by atoms with Gasteiger partial charge in [0, 0.05) is 30.8 Å². The van der Waals surface area contributed by atoms with Gasteiger partial charge in [-0.1, -0.05) is 61.5 Å². The number of H-pyrrole nitrogens is 1. The lowest BCUT2D eigenvalue weighted by atomic mass is 10.0. The SMILES string of the molecule is CCc1ccccc1CN1CCc2c(nc(-c3ccccc3)[nH]c2=O)C1. The Bertz CT molecular complexity index is 963. The molecule has 1 aromatic heterocycles. The topological polar surface area (TPSA) is 49.0 Å². The Morgan fingerprint density at radius 2 is 1.77 bits per heavy atom. The summed E-state index contributed by atoms with van der Waals surface area (Å²) in [4.78, 5) is 22.6. The van der Waals surface area contributed by atoms with Crippen LogP contribution in [0.4, 0.5) is 0 Å². The number of hydrogen-bond donors (Lipinski definition) is 1. The molecule has 2 aromatic carbocycles. The highest BCUT2D eigenvalue weighted by Crippen LogP contribution is 2.21. The molecule has 1 aliphatic rings. The highest BCUT2D eigenvalue weighted by Gasteiger charge is 2.21. The second kappa shape index (κ2) is 7.26. The molecule has 0 radical (unpaired) electrons. The summed E-state index contributed by atoms with van der Waals surface area (Å²) in [6, 6.07) is 18.4. The molecular weight excluding hydrogens is 322 g/mol. The van der Waals surface area contributed by atoms with E-state index in [9.17, 15) is 4.79 Å². The summed E-state index contributed by atoms with van der Waals surface area (Å²) < 4.78 is 0. The maximum absolute atomic E-state index is 12.5. The molecular formula is C22H23N3O. The number of hydrogen-bond acceptors (Lipinski definition) is 3. The molecule has 1 aliphatic heterocycles. The van der Waals surface area contributed by atoms with Gasteiger partial charge in [0.05, 0.1) is 5.69 Å². The molecule has 4 rings (SSSR count). The molecule has 0 spiro atoms. The van der Waals surface area contributed by atoms with Gasteiger partial charge in [-0.15, -0.1) is 0 Å². The number of rotatable bonds is 4. The highest BCUT2D eigenvalue weighted by molar-refractivity contribution is 5.54. The van der Waals surface area contributed by atoms with E-state index in [-0.39, 0.29) is 5.56 Å². The van der Waals surface area contributed by atoms with Gasteiger partial charge in [0.15, 0.2) is 0 Å². The summed E-state index contributed by atoms with van der Waals surface area (Å²) in [5.41, 5.74) is 5.45. The lowest BCUT2D eigenvalue weighted by Crippen LogP contribution is -2.35. The van der Waals surface area contributed by atoms with Crippen molar-refractivity contribution in [2.24, 2.45) is 0 Å². The van der Waals surface area contributed by atoms with Crippen molar-refractivity contribution in [2.45, 2.75) is 32.9 Å². The van der Waals surface area contributed by atoms with Crippen LogP contribution in [0.15, 0.2) is 59.4 Å². The van der Waals surface area contributed by atoms with Crippen LogP contribution in [0.3, 0.4) is 0 Å². The Morgan fingerprint density at radius 1 is 1.04 bits per heavy atom. The van der Waals surface area contributed by atoms with Crippen molar-refractivity contribution >= 4 is 0 Å². The molecule has 1 N–H and O–H groups in total. The minimum atomic E-state index is 0.00228. The fourth-order valence-electron chi connectivity index (χ4n) is 3.66. The van der Waals surface area contributed by atoms with Crippen molar-refractivity contribution in [3.8, 4) is 11.4 Å². The lowest BCUT2D eigenvalue weighted by molar-refractivity contribution is 0.240. The van der Waals surface area contributed by atoms with E-state index in [1.54, 1.807) is 0 Å². The Balaban J connectivity index is 1.62. The third-order valence-corrected chi connectivity index (χ3v) is 5.09. The largest absolute Gasteiger partial charge is 0.306 e. The van der Waals surface area contributed by atoms with E-state index in [0.29, 0.717) is 5.82 Å². The van der Waals surface area contributed by atoms with E-state index >= 15 is 0 Å². The van der Waals surface area contributed by atoms with Gasteiger partial charge in [0.1, 0.15) is 5.82 Å². The summed E-state index contributed by atoms with van der Waals surface area (Å²) in [5, 5.41) is 0. The van der Waals surface area contributed by atoms with Crippen LogP contribution in [-0.4, -0.2) is 21.4 Å². The first kappa shape index (κ1) is 16.7. The van der Waals surface area contributed by atoms with Crippen molar-refractivity contribution in [3.05, 3.63) is 87.3 Å². The molecule has 2 heterocycles. The second-order valence-corrected chi connectivity index (χ2v) is 6.79. The van der Waals surface area contributed by atoms with E-state index in [2.05, 4.69) is 41.1 Å². The van der Waals surface area contributed by atoms with Gasteiger partial charge in [-0.25, -0.2) is 4.98 Å². The third-order valence-electron chi connectivity index (χ3n) is 5.09. The van der Waals surface area contributed by atoms with Gasteiger partial charge < -0.3 is 4.98 Å². The maximum atomic E-state index is 12.5. The Morgan fingerprint density at radius 3 is 2.54 bits per heavy atom. The number of aromatic nitrogens is 2. The molecule has 0 amide bonds. The smallest absolute Gasteiger partial charge is 0.254 e. The summed E-state index contributed by atoms with van der Waals surface area (Å²) in [7, 11) is 0. The normalized spacial score (nSPS) is 14.2. The van der Waals surface area contributed by atoms with Crippen molar-refractivity contribution in [3.63, 3.8) is 0 Å². The number of fused-ring (bicyclic) bond motifs is 1. The van der Waals surface area contributed by atoms with Gasteiger partial charge in [0.2, 0.25) is 0 Å². The average Bonchev–Trinajstić information content (AvgIpc) is 2.69. The van der Waals surface area contributed by atoms with Crippen LogP contribution in [0.2, 0.25) is 0 Å². The maximum Gasteiger partial charge on any atom is 0.254 e. The standard InChI is InChI=1S/C22H23N3O/c1-2-16-8-6-7-11-18(16)14-25-13-12-19-20(15-25)23-21(24-22(19)26)17-9-4-3-5-10-17/h3-11H,2,12-15H2,1H3,(H,23,24,26). The van der Waals surface area contributed by atoms with Crippen molar-refractivity contribution in [1.29, 1.82) is 0 Å². The number of nitrogens with one attached hydrogen (secondary N) is 1. The zero-order chi connectivity index (χ0) is 17.9. The van der Waals surface area contributed by atoms with Crippen LogP contribution < -0.4 is 5.56 Å². The summed E-state index contributed by atoms with van der Waals surface area (Å²) in [6.07, 6.45) is 1.79. The molecule has 0 aliphatic carbocycles. The number of benzene rings is 2. The second-order valence-electron chi connectivity index (χ2n) is 6.79. The van der Waals surface area contributed by atoms with Crippen LogP contribution in [0.1, 0.15) is 29.3 Å². The minimum absolute atomic E-state index is 0.00228. The summed E-state index contributed by atoms with van der Waals surface area (Å²) in [6.45, 7) is 4.70. The van der Waals surface area contributed by atoms with E-state index in [4.69, 9.17) is 4.98 Å². The molecule has 4 nitrogen and oxygen atoms in total. The van der Waals surface area contributed by atoms with Crippen molar-refractivity contribution < 1.29 is 0 Å². The zero-order valence-electron chi connectivity index (χ0n) is 15.0. The Labute approximate surface area is 153 Å². The molecule has 0 atom stereocenters. The molecule has 0 saturated carbocycles. The van der Waals surface area contributed by atoms with Gasteiger partial charge in [0.25, 0.3) is 5.56 Å². The predicted molar refractivity (Wildman–Crippen MR) is 104 cm³/mol. The lowest BCUT2D eigenvalue weighted by Gasteiger charge is -2.28. The van der Waals surface area contributed by atoms with Crippen molar-refractivity contribution in [1.82, 2.24) is 14.9 Å². The van der Waals surface area contributed by atoms with E-state index < -0.39 is 0 Å². The molecule has 3 aromatic rings. The van der Waals surface area contributed by atoms with Crippen LogP contribution in [-0.2, 0) is 25.9 Å². The van der Waals surface area contributed by atoms with Crippen LogP contribution in [0.5, 0.6) is 0 Å². The van der Waals surface area contributed by atoms with Gasteiger partial charge in [-0.3, -0.25) is 9.69 Å². The number of aromatic amines is 1. The molecule has 0 fully saturated rings. The first-order valence-electron chi connectivity index (χ1n) is 9.21. The Kier molecular flexibility index (Phi) is 4.67. The summed E-state index contributed by atoms with van der Waals surface area (Å²) >= 11 is 0. The highest BCUT2D eigenvalue weighted by atomic mass is 16.1. The first-order chi connectivity index (χ1) is 12.7. The molecule has 0 bridgehead atoms. The monoisotopic (exact) mass is 345 g/mol. The quantitative estimate of drug-likeness (QED) is 0.786. The van der Waals surface area contributed by atoms with E-state index in [0.717, 1.165) is 49.3 Å². The first-order valence-corrected chi connectivity index (χ1v) is 9.21. The van der Waals surface area contributed by atoms with Crippen LogP contribution in [0, 0.1) is 0 Å². The van der Waals surface area contributed by atoms with Crippen LogP contribution >= 0.6 is 0 Å². The van der Waals surface area contributed by atoms with Gasteiger partial charge in [-0.05, 0) is 24.0 Å². The summed E-state index contributed by atoms with van der Waals surface area (Å²) in [5.74, 6) is 0.658. The van der Waals surface area contributed by atoms with Crippen molar-refractivity contribution in [2.75, 3.05) is 6.54 Å².